The number of halogens is 2. The van der Waals surface area contributed by atoms with Gasteiger partial charge in [-0.3, -0.25) is 9.38 Å². The lowest BCUT2D eigenvalue weighted by molar-refractivity contribution is 1.09. The molecule has 4 aromatic rings. The third kappa shape index (κ3) is 3.25. The van der Waals surface area contributed by atoms with Crippen molar-refractivity contribution in [3.63, 3.8) is 0 Å². The molecule has 0 amide bonds. The fourth-order valence-electron chi connectivity index (χ4n) is 2.73. The summed E-state index contributed by atoms with van der Waals surface area (Å²) in [5, 5.41) is 4.18. The molecule has 4 nitrogen and oxygen atoms in total. The van der Waals surface area contributed by atoms with Gasteiger partial charge in [0.15, 0.2) is 5.65 Å². The maximum absolute atomic E-state index is 6.38. The van der Waals surface area contributed by atoms with E-state index >= 15 is 0 Å². The van der Waals surface area contributed by atoms with Crippen LogP contribution in [0.3, 0.4) is 0 Å². The van der Waals surface area contributed by atoms with E-state index in [0.29, 0.717) is 6.54 Å². The van der Waals surface area contributed by atoms with Gasteiger partial charge in [-0.25, -0.2) is 4.98 Å². The van der Waals surface area contributed by atoms with E-state index < -0.39 is 0 Å². The zero-order valence-electron chi connectivity index (χ0n) is 13.2. The zero-order valence-corrected chi connectivity index (χ0v) is 15.5. The van der Waals surface area contributed by atoms with E-state index in [2.05, 4.69) is 37.3 Å². The van der Waals surface area contributed by atoms with Crippen molar-refractivity contribution in [1.29, 1.82) is 0 Å². The summed E-state index contributed by atoms with van der Waals surface area (Å²) >= 11 is 9.94. The molecule has 0 saturated heterocycles. The Balaban J connectivity index is 1.78. The topological polar surface area (TPSA) is 42.2 Å². The number of fused-ring (bicyclic) bond motifs is 1. The Hall–Kier alpha value is -2.37. The van der Waals surface area contributed by atoms with Crippen LogP contribution in [0.25, 0.3) is 16.8 Å². The molecule has 0 radical (unpaired) electrons. The highest BCUT2D eigenvalue weighted by Crippen LogP contribution is 2.32. The molecule has 3 aromatic heterocycles. The van der Waals surface area contributed by atoms with Gasteiger partial charge in [0.2, 0.25) is 0 Å². The molecule has 0 unspecified atom stereocenters. The average Bonchev–Trinajstić information content (AvgIpc) is 3.02. The van der Waals surface area contributed by atoms with Gasteiger partial charge in [0.05, 0.1) is 11.9 Å². The van der Waals surface area contributed by atoms with Crippen LogP contribution in [-0.4, -0.2) is 14.4 Å². The lowest BCUT2D eigenvalue weighted by Gasteiger charge is -2.12. The van der Waals surface area contributed by atoms with Gasteiger partial charge in [-0.2, -0.15) is 0 Å². The third-order valence-corrected chi connectivity index (χ3v) is 4.87. The summed E-state index contributed by atoms with van der Waals surface area (Å²) in [5.74, 6) is 0. The SMILES string of the molecule is Clc1ccccc1-c1cc(NCc2cccnc2)c2ncc(Br)n2c1. The first-order valence-electron chi connectivity index (χ1n) is 7.76. The van der Waals surface area contributed by atoms with E-state index in [0.717, 1.165) is 37.7 Å². The lowest BCUT2D eigenvalue weighted by atomic mass is 10.1. The summed E-state index contributed by atoms with van der Waals surface area (Å²) in [6.45, 7) is 0.667. The van der Waals surface area contributed by atoms with E-state index in [1.54, 1.807) is 12.4 Å². The second-order valence-corrected chi connectivity index (χ2v) is 6.83. The van der Waals surface area contributed by atoms with Crippen LogP contribution in [0, 0.1) is 0 Å². The number of anilines is 1. The second-order valence-electron chi connectivity index (χ2n) is 5.61. The van der Waals surface area contributed by atoms with E-state index in [1.807, 2.05) is 53.2 Å². The average molecular weight is 414 g/mol. The number of hydrogen-bond donors (Lipinski definition) is 1. The smallest absolute Gasteiger partial charge is 0.161 e. The standard InChI is InChI=1S/C19H14BrClN4/c20-18-11-24-19-17(23-10-13-4-3-7-22-9-13)8-14(12-25(18)19)15-5-1-2-6-16(15)21/h1-9,11-12,23H,10H2. The molecule has 25 heavy (non-hydrogen) atoms. The highest BCUT2D eigenvalue weighted by molar-refractivity contribution is 9.10. The minimum atomic E-state index is 0.667. The van der Waals surface area contributed by atoms with Gasteiger partial charge < -0.3 is 5.32 Å². The molecule has 124 valence electrons. The van der Waals surface area contributed by atoms with Crippen LogP contribution in [0.1, 0.15) is 5.56 Å². The van der Waals surface area contributed by atoms with Gasteiger partial charge in [0.25, 0.3) is 0 Å². The maximum atomic E-state index is 6.38. The number of nitrogens with zero attached hydrogens (tertiary/aromatic N) is 3. The first kappa shape index (κ1) is 16.1. The van der Waals surface area contributed by atoms with Crippen LogP contribution in [0.2, 0.25) is 5.02 Å². The van der Waals surface area contributed by atoms with Crippen LogP contribution in [0.15, 0.2) is 71.9 Å². The van der Waals surface area contributed by atoms with Crippen LogP contribution in [-0.2, 0) is 6.54 Å². The van der Waals surface area contributed by atoms with Crippen LogP contribution in [0.5, 0.6) is 0 Å². The molecule has 0 bridgehead atoms. The Kier molecular flexibility index (Phi) is 4.42. The number of benzene rings is 1. The normalized spacial score (nSPS) is 11.0. The van der Waals surface area contributed by atoms with Crippen molar-refractivity contribution in [2.45, 2.75) is 6.54 Å². The van der Waals surface area contributed by atoms with Gasteiger partial charge in [0.1, 0.15) is 4.60 Å². The van der Waals surface area contributed by atoms with E-state index in [-0.39, 0.29) is 0 Å². The lowest BCUT2D eigenvalue weighted by Crippen LogP contribution is -2.02. The van der Waals surface area contributed by atoms with Crippen LogP contribution in [0.4, 0.5) is 5.69 Å². The Labute approximate surface area is 158 Å². The van der Waals surface area contributed by atoms with Gasteiger partial charge in [-0.05, 0) is 39.7 Å². The van der Waals surface area contributed by atoms with Crippen LogP contribution >= 0.6 is 27.5 Å². The van der Waals surface area contributed by atoms with Gasteiger partial charge >= 0.3 is 0 Å². The Bertz CT molecular complexity index is 1030. The highest BCUT2D eigenvalue weighted by atomic mass is 79.9. The van der Waals surface area contributed by atoms with E-state index in [9.17, 15) is 0 Å². The number of hydrogen-bond acceptors (Lipinski definition) is 3. The van der Waals surface area contributed by atoms with Gasteiger partial charge in [-0.15, -0.1) is 0 Å². The molecule has 0 spiro atoms. The van der Waals surface area contributed by atoms with Crippen molar-refractivity contribution in [3.05, 3.63) is 82.4 Å². The summed E-state index contributed by atoms with van der Waals surface area (Å²) in [6, 6.07) is 13.9. The first-order chi connectivity index (χ1) is 12.2. The fourth-order valence-corrected chi connectivity index (χ4v) is 3.35. The Morgan fingerprint density at radius 1 is 1.12 bits per heavy atom. The quantitative estimate of drug-likeness (QED) is 0.485. The Morgan fingerprint density at radius 2 is 2.00 bits per heavy atom. The first-order valence-corrected chi connectivity index (χ1v) is 8.94. The summed E-state index contributed by atoms with van der Waals surface area (Å²) in [6.07, 6.45) is 7.44. The van der Waals surface area contributed by atoms with E-state index in [4.69, 9.17) is 11.6 Å². The second kappa shape index (κ2) is 6.86. The molecule has 3 heterocycles. The predicted molar refractivity (Wildman–Crippen MR) is 105 cm³/mol. The van der Waals surface area contributed by atoms with Crippen LogP contribution < -0.4 is 5.32 Å². The zero-order chi connectivity index (χ0) is 17.2. The third-order valence-electron chi connectivity index (χ3n) is 3.95. The number of rotatable bonds is 4. The molecule has 0 saturated carbocycles. The number of aromatic nitrogens is 3. The van der Waals surface area contributed by atoms with Crippen molar-refractivity contribution < 1.29 is 0 Å². The van der Waals surface area contributed by atoms with Crippen molar-refractivity contribution in [2.75, 3.05) is 5.32 Å². The molecule has 0 fully saturated rings. The number of nitrogens with one attached hydrogen (secondary N) is 1. The minimum Gasteiger partial charge on any atom is -0.378 e. The van der Waals surface area contributed by atoms with Crippen molar-refractivity contribution in [1.82, 2.24) is 14.4 Å². The predicted octanol–water partition coefficient (Wildman–Crippen LogP) is 5.42. The summed E-state index contributed by atoms with van der Waals surface area (Å²) in [5.41, 5.74) is 4.90. The molecule has 4 rings (SSSR count). The molecular weight excluding hydrogens is 400 g/mol. The molecular formula is C19H14BrClN4. The van der Waals surface area contributed by atoms with Crippen molar-refractivity contribution in [3.8, 4) is 11.1 Å². The van der Waals surface area contributed by atoms with Crippen molar-refractivity contribution >= 4 is 38.9 Å². The largest absolute Gasteiger partial charge is 0.378 e. The Morgan fingerprint density at radius 3 is 2.80 bits per heavy atom. The monoisotopic (exact) mass is 412 g/mol. The fraction of sp³-hybridized carbons (Fsp3) is 0.0526. The highest BCUT2D eigenvalue weighted by Gasteiger charge is 2.11. The number of pyridine rings is 2. The molecule has 1 N–H and O–H groups in total. The molecule has 1 aromatic carbocycles. The molecule has 6 heteroatoms. The minimum absolute atomic E-state index is 0.667. The maximum Gasteiger partial charge on any atom is 0.161 e. The summed E-state index contributed by atoms with van der Waals surface area (Å²) < 4.78 is 2.89. The van der Waals surface area contributed by atoms with Crippen molar-refractivity contribution in [2.24, 2.45) is 0 Å². The van der Waals surface area contributed by atoms with E-state index in [1.165, 1.54) is 0 Å². The molecule has 0 atom stereocenters. The summed E-state index contributed by atoms with van der Waals surface area (Å²) in [4.78, 5) is 8.65. The molecule has 0 aliphatic heterocycles. The van der Waals surface area contributed by atoms with Gasteiger partial charge in [-0.1, -0.05) is 35.9 Å². The molecule has 0 aliphatic carbocycles. The molecule has 0 aliphatic rings. The number of imidazole rings is 1. The van der Waals surface area contributed by atoms with Gasteiger partial charge in [0, 0.05) is 41.3 Å². The summed E-state index contributed by atoms with van der Waals surface area (Å²) in [7, 11) is 0.